The Morgan fingerprint density at radius 3 is 2.90 bits per heavy atom. The van der Waals surface area contributed by atoms with Crippen LogP contribution in [-0.4, -0.2) is 31.3 Å². The van der Waals surface area contributed by atoms with Gasteiger partial charge in [-0.25, -0.2) is 0 Å². The lowest BCUT2D eigenvalue weighted by molar-refractivity contribution is 0.186. The highest BCUT2D eigenvalue weighted by Crippen LogP contribution is 2.19. The number of methoxy groups -OCH3 is 1. The minimum atomic E-state index is -0.679. The van der Waals surface area contributed by atoms with Crippen LogP contribution >= 0.6 is 24.0 Å². The monoisotopic (exact) mass is 393 g/mol. The molecule has 1 atom stereocenters. The Morgan fingerprint density at radius 2 is 2.25 bits per heavy atom. The molecule has 0 saturated heterocycles. The Balaban J connectivity index is 0.00000361. The maximum atomic E-state index is 10.0. The number of halogens is 1. The van der Waals surface area contributed by atoms with Gasteiger partial charge in [0.15, 0.2) is 5.96 Å². The van der Waals surface area contributed by atoms with Crippen molar-refractivity contribution in [3.05, 3.63) is 29.8 Å². The summed E-state index contributed by atoms with van der Waals surface area (Å²) in [6.45, 7) is 3.15. The first-order valence-electron chi connectivity index (χ1n) is 6.53. The van der Waals surface area contributed by atoms with Crippen molar-refractivity contribution in [3.8, 4) is 5.75 Å². The minimum Gasteiger partial charge on any atom is -0.497 e. The predicted molar refractivity (Wildman–Crippen MR) is 92.8 cm³/mol. The quantitative estimate of drug-likeness (QED) is 0.287. The molecule has 6 heteroatoms. The minimum absolute atomic E-state index is 0. The Kier molecular flexibility index (Phi) is 10.2. The molecule has 0 aliphatic carbocycles. The van der Waals surface area contributed by atoms with E-state index in [9.17, 15) is 5.11 Å². The third-order valence-electron chi connectivity index (χ3n) is 2.75. The normalized spacial score (nSPS) is 12.4. The van der Waals surface area contributed by atoms with Crippen LogP contribution in [0, 0.1) is 0 Å². The number of rotatable bonds is 7. The molecule has 1 aromatic rings. The molecule has 0 heterocycles. The van der Waals surface area contributed by atoms with Crippen molar-refractivity contribution in [2.75, 3.05) is 20.2 Å². The fourth-order valence-corrected chi connectivity index (χ4v) is 1.59. The molecular weight excluding hydrogens is 369 g/mol. The first-order valence-corrected chi connectivity index (χ1v) is 6.53. The molecule has 0 amide bonds. The second-order valence-corrected chi connectivity index (χ2v) is 4.30. The van der Waals surface area contributed by atoms with Crippen molar-refractivity contribution in [1.82, 2.24) is 5.32 Å². The third kappa shape index (κ3) is 6.95. The highest BCUT2D eigenvalue weighted by atomic mass is 127. The van der Waals surface area contributed by atoms with E-state index in [0.717, 1.165) is 30.7 Å². The fourth-order valence-electron chi connectivity index (χ4n) is 1.59. The van der Waals surface area contributed by atoms with Crippen molar-refractivity contribution < 1.29 is 9.84 Å². The van der Waals surface area contributed by atoms with Crippen LogP contribution in [-0.2, 0) is 0 Å². The smallest absolute Gasteiger partial charge is 0.188 e. The van der Waals surface area contributed by atoms with E-state index in [1.54, 1.807) is 13.2 Å². The van der Waals surface area contributed by atoms with Gasteiger partial charge in [0.05, 0.1) is 19.8 Å². The van der Waals surface area contributed by atoms with Gasteiger partial charge in [-0.05, 0) is 24.1 Å². The summed E-state index contributed by atoms with van der Waals surface area (Å²) < 4.78 is 5.11. The molecule has 1 unspecified atom stereocenters. The number of nitrogens with two attached hydrogens (primary N) is 1. The molecule has 0 radical (unpaired) electrons. The number of guanidine groups is 1. The van der Waals surface area contributed by atoms with Crippen LogP contribution in [0.3, 0.4) is 0 Å². The van der Waals surface area contributed by atoms with Gasteiger partial charge in [-0.1, -0.05) is 25.5 Å². The van der Waals surface area contributed by atoms with Gasteiger partial charge in [-0.2, -0.15) is 0 Å². The lowest BCUT2D eigenvalue weighted by atomic mass is 10.1. The summed E-state index contributed by atoms with van der Waals surface area (Å²) in [6.07, 6.45) is 1.48. The molecular formula is C14H24IN3O2. The van der Waals surface area contributed by atoms with Crippen LogP contribution < -0.4 is 15.8 Å². The zero-order valence-corrected chi connectivity index (χ0v) is 14.3. The van der Waals surface area contributed by atoms with Gasteiger partial charge in [0.2, 0.25) is 0 Å². The maximum Gasteiger partial charge on any atom is 0.188 e. The van der Waals surface area contributed by atoms with E-state index in [4.69, 9.17) is 10.5 Å². The zero-order valence-electron chi connectivity index (χ0n) is 12.0. The maximum absolute atomic E-state index is 10.0. The molecule has 20 heavy (non-hydrogen) atoms. The molecule has 0 fully saturated rings. The summed E-state index contributed by atoms with van der Waals surface area (Å²) in [5.74, 6) is 1.09. The first kappa shape index (κ1) is 19.0. The Bertz CT molecular complexity index is 413. The van der Waals surface area contributed by atoms with Crippen LogP contribution in [0.2, 0.25) is 0 Å². The van der Waals surface area contributed by atoms with Gasteiger partial charge in [0, 0.05) is 6.54 Å². The third-order valence-corrected chi connectivity index (χ3v) is 2.75. The second-order valence-electron chi connectivity index (χ2n) is 4.30. The summed E-state index contributed by atoms with van der Waals surface area (Å²) in [5, 5.41) is 13.0. The van der Waals surface area contributed by atoms with E-state index in [0.29, 0.717) is 5.96 Å². The summed E-state index contributed by atoms with van der Waals surface area (Å²) >= 11 is 0. The number of aliphatic hydroxyl groups is 1. The van der Waals surface area contributed by atoms with E-state index in [1.165, 1.54) is 0 Å². The highest BCUT2D eigenvalue weighted by Gasteiger charge is 2.07. The average Bonchev–Trinajstić information content (AvgIpc) is 2.45. The largest absolute Gasteiger partial charge is 0.497 e. The summed E-state index contributed by atoms with van der Waals surface area (Å²) in [6, 6.07) is 7.30. The van der Waals surface area contributed by atoms with E-state index in [-0.39, 0.29) is 30.5 Å². The first-order chi connectivity index (χ1) is 9.17. The average molecular weight is 393 g/mol. The molecule has 0 saturated carbocycles. The van der Waals surface area contributed by atoms with Gasteiger partial charge in [-0.15, -0.1) is 24.0 Å². The number of ether oxygens (including phenoxy) is 1. The predicted octanol–water partition coefficient (Wildman–Crippen LogP) is 2.05. The lowest BCUT2D eigenvalue weighted by Gasteiger charge is -2.11. The number of benzene rings is 1. The number of aliphatic hydroxyl groups excluding tert-OH is 1. The van der Waals surface area contributed by atoms with Crippen LogP contribution in [0.25, 0.3) is 0 Å². The van der Waals surface area contributed by atoms with E-state index in [1.807, 2.05) is 18.2 Å². The molecule has 0 aromatic heterocycles. The number of aliphatic imine (C=N–C) groups is 1. The van der Waals surface area contributed by atoms with Crippen LogP contribution in [0.1, 0.15) is 31.4 Å². The lowest BCUT2D eigenvalue weighted by Crippen LogP contribution is -2.32. The van der Waals surface area contributed by atoms with E-state index >= 15 is 0 Å². The van der Waals surface area contributed by atoms with Crippen LogP contribution in [0.5, 0.6) is 5.75 Å². The van der Waals surface area contributed by atoms with Crippen molar-refractivity contribution in [1.29, 1.82) is 0 Å². The van der Waals surface area contributed by atoms with Crippen molar-refractivity contribution >= 4 is 29.9 Å². The molecule has 0 bridgehead atoms. The van der Waals surface area contributed by atoms with Gasteiger partial charge in [0.1, 0.15) is 5.75 Å². The van der Waals surface area contributed by atoms with E-state index in [2.05, 4.69) is 17.2 Å². The van der Waals surface area contributed by atoms with Crippen LogP contribution in [0.4, 0.5) is 0 Å². The zero-order chi connectivity index (χ0) is 14.1. The van der Waals surface area contributed by atoms with Crippen LogP contribution in [0.15, 0.2) is 29.3 Å². The molecule has 1 aromatic carbocycles. The Labute approximate surface area is 137 Å². The Morgan fingerprint density at radius 1 is 1.50 bits per heavy atom. The number of hydrogen-bond acceptors (Lipinski definition) is 3. The Hall–Kier alpha value is -1.02. The number of nitrogens with one attached hydrogen (secondary N) is 1. The molecule has 114 valence electrons. The summed E-state index contributed by atoms with van der Waals surface area (Å²) in [4.78, 5) is 4.12. The summed E-state index contributed by atoms with van der Waals surface area (Å²) in [5.41, 5.74) is 6.47. The number of hydrogen-bond donors (Lipinski definition) is 3. The SMILES string of the molecule is CCCCNC(N)=NCC(O)c1cccc(OC)c1.I. The highest BCUT2D eigenvalue weighted by molar-refractivity contribution is 14.0. The van der Waals surface area contributed by atoms with Gasteiger partial charge < -0.3 is 20.9 Å². The molecule has 5 nitrogen and oxygen atoms in total. The van der Waals surface area contributed by atoms with Gasteiger partial charge >= 0.3 is 0 Å². The molecule has 0 aliphatic rings. The van der Waals surface area contributed by atoms with Gasteiger partial charge in [-0.3, -0.25) is 4.99 Å². The standard InChI is InChI=1S/C14H23N3O2.HI/c1-3-4-8-16-14(15)17-10-13(18)11-6-5-7-12(9-11)19-2;/h5-7,9,13,18H,3-4,8,10H2,1-2H3,(H3,15,16,17);1H. The van der Waals surface area contributed by atoms with E-state index < -0.39 is 6.10 Å². The second kappa shape index (κ2) is 10.7. The molecule has 0 spiro atoms. The number of nitrogens with zero attached hydrogens (tertiary/aromatic N) is 1. The summed E-state index contributed by atoms with van der Waals surface area (Å²) in [7, 11) is 1.60. The van der Waals surface area contributed by atoms with Crippen molar-refractivity contribution in [2.24, 2.45) is 10.7 Å². The van der Waals surface area contributed by atoms with Gasteiger partial charge in [0.25, 0.3) is 0 Å². The fraction of sp³-hybridized carbons (Fsp3) is 0.500. The molecule has 1 rings (SSSR count). The van der Waals surface area contributed by atoms with Crippen molar-refractivity contribution in [2.45, 2.75) is 25.9 Å². The molecule has 0 aliphatic heterocycles. The topological polar surface area (TPSA) is 79.9 Å². The number of unbranched alkanes of at least 4 members (excludes halogenated alkanes) is 1. The van der Waals surface area contributed by atoms with Crippen molar-refractivity contribution in [3.63, 3.8) is 0 Å². The molecule has 4 N–H and O–H groups in total.